The second-order valence-corrected chi connectivity index (χ2v) is 11.1. The monoisotopic (exact) mass is 654 g/mol. The van der Waals surface area contributed by atoms with Gasteiger partial charge in [0, 0.05) is 0 Å². The molecule has 1 aliphatic rings. The zero-order valence-electron chi connectivity index (χ0n) is 24.3. The van der Waals surface area contributed by atoms with Gasteiger partial charge in [0.1, 0.15) is 0 Å². The molecule has 41 heavy (non-hydrogen) atoms. The second-order valence-electron chi connectivity index (χ2n) is 9.88. The summed E-state index contributed by atoms with van der Waals surface area (Å²) in [6.07, 6.45) is 13.2. The van der Waals surface area contributed by atoms with Crippen molar-refractivity contribution in [1.29, 1.82) is 0 Å². The molecular weight excluding hydrogens is 619 g/mol. The topological polar surface area (TPSA) is 0 Å². The Morgan fingerprint density at radius 1 is 0.707 bits per heavy atom. The van der Waals surface area contributed by atoms with Crippen molar-refractivity contribution in [1.82, 2.24) is 0 Å². The number of halogens is 2. The fraction of sp³-hybridized carbons (Fsp3) is 0.211. The number of aryl methyl sites for hydroxylation is 2. The molecule has 210 valence electrons. The molecule has 0 unspecified atom stereocenters. The van der Waals surface area contributed by atoms with E-state index in [0.29, 0.717) is 0 Å². The van der Waals surface area contributed by atoms with Crippen molar-refractivity contribution >= 4 is 24.8 Å². The van der Waals surface area contributed by atoms with Crippen molar-refractivity contribution < 1.29 is 49.0 Å². The third-order valence-corrected chi connectivity index (χ3v) is 8.50. The molecule has 5 aromatic rings. The van der Waals surface area contributed by atoms with Crippen LogP contribution in [0.4, 0.5) is 0 Å². The summed E-state index contributed by atoms with van der Waals surface area (Å²) in [4.78, 5) is 0. The normalized spacial score (nSPS) is 11.4. The Labute approximate surface area is 274 Å². The summed E-state index contributed by atoms with van der Waals surface area (Å²) < 4.78 is 1.42. The Bertz CT molecular complexity index is 1460. The molecule has 0 saturated heterocycles. The Morgan fingerprint density at radius 3 is 1.59 bits per heavy atom. The van der Waals surface area contributed by atoms with Gasteiger partial charge in [-0.3, -0.25) is 6.08 Å². The van der Waals surface area contributed by atoms with Crippen molar-refractivity contribution in [3.63, 3.8) is 0 Å². The zero-order valence-corrected chi connectivity index (χ0v) is 28.2. The molecule has 3 heteroatoms. The van der Waals surface area contributed by atoms with Crippen LogP contribution in [-0.4, -0.2) is 3.21 Å². The first-order valence-corrected chi connectivity index (χ1v) is 15.4. The van der Waals surface area contributed by atoms with Crippen molar-refractivity contribution in [3.8, 4) is 0 Å². The predicted octanol–water partition coefficient (Wildman–Crippen LogP) is 4.12. The summed E-state index contributed by atoms with van der Waals surface area (Å²) in [5.41, 5.74) is 6.97. The summed E-state index contributed by atoms with van der Waals surface area (Å²) in [6, 6.07) is 37.1. The van der Waals surface area contributed by atoms with E-state index < -0.39 is 0 Å². The van der Waals surface area contributed by atoms with Gasteiger partial charge in [0.05, 0.1) is 0 Å². The van der Waals surface area contributed by atoms with E-state index in [2.05, 4.69) is 142 Å². The standard InChI is InChI=1S/C17H17.C13H10.C8H11.2ClH.Zr/c1-3-12-5-7-16-14(9-12)11-15-10-13(4-2)6-8-17(15)16;1-3-7-12(8-4-1)11-13-9-5-2-6-10-13;1-2-5-8-6-3-4-7-8;;;/h5-11H,3-4H2,1-2H3;1-10H;6-7H,2-3,5H2,1H3;2*1H;/q-1;;-1;;;+2/p-2. The van der Waals surface area contributed by atoms with Crippen LogP contribution in [0, 0.1) is 6.08 Å². The van der Waals surface area contributed by atoms with Crippen molar-refractivity contribution in [2.75, 3.05) is 0 Å². The molecule has 0 nitrogen and oxygen atoms in total. The number of benzene rings is 4. The zero-order chi connectivity index (χ0) is 27.5. The molecule has 0 spiro atoms. The Hall–Kier alpha value is -2.44. The molecule has 0 atom stereocenters. The summed E-state index contributed by atoms with van der Waals surface area (Å²) in [5.74, 6) is 0. The number of rotatable bonds is 6. The van der Waals surface area contributed by atoms with Crippen LogP contribution in [0.3, 0.4) is 0 Å². The Balaban J connectivity index is 0.000000223. The van der Waals surface area contributed by atoms with Gasteiger partial charge in [-0.1, -0.05) is 69.0 Å². The number of hydrogen-bond donors (Lipinski definition) is 0. The van der Waals surface area contributed by atoms with Crippen LogP contribution in [0.25, 0.3) is 21.5 Å². The van der Waals surface area contributed by atoms with E-state index in [4.69, 9.17) is 0 Å². The molecule has 0 fully saturated rings. The number of fused-ring (bicyclic) bond motifs is 3. The van der Waals surface area contributed by atoms with Crippen LogP contribution < -0.4 is 24.8 Å². The molecule has 0 bridgehead atoms. The summed E-state index contributed by atoms with van der Waals surface area (Å²) in [6.45, 7) is 6.62. The maximum atomic E-state index is 3.14. The maximum absolute atomic E-state index is 3.14. The van der Waals surface area contributed by atoms with Gasteiger partial charge in [-0.05, 0) is 12.8 Å². The van der Waals surface area contributed by atoms with Gasteiger partial charge in [-0.2, -0.15) is 6.08 Å². The molecule has 0 aromatic heterocycles. The van der Waals surface area contributed by atoms with Gasteiger partial charge in [-0.15, -0.1) is 46.2 Å². The summed E-state index contributed by atoms with van der Waals surface area (Å²) in [5, 5.41) is 5.54. The molecule has 1 aliphatic carbocycles. The van der Waals surface area contributed by atoms with Crippen LogP contribution in [0.2, 0.25) is 0 Å². The van der Waals surface area contributed by atoms with Gasteiger partial charge >= 0.3 is 99.2 Å². The van der Waals surface area contributed by atoms with Gasteiger partial charge < -0.3 is 24.8 Å². The molecule has 5 aromatic carbocycles. The van der Waals surface area contributed by atoms with E-state index in [-0.39, 0.29) is 24.8 Å². The third kappa shape index (κ3) is 9.82. The minimum atomic E-state index is 0. The van der Waals surface area contributed by atoms with E-state index in [1.807, 2.05) is 0 Å². The van der Waals surface area contributed by atoms with Crippen molar-refractivity contribution in [2.45, 2.75) is 52.9 Å². The fourth-order valence-electron chi connectivity index (χ4n) is 4.84. The number of hydrogen-bond acceptors (Lipinski definition) is 0. The van der Waals surface area contributed by atoms with Crippen LogP contribution >= 0.6 is 0 Å². The van der Waals surface area contributed by atoms with Gasteiger partial charge in [-0.25, -0.2) is 11.6 Å². The van der Waals surface area contributed by atoms with Crippen molar-refractivity contribution in [3.05, 3.63) is 149 Å². The average Bonchev–Trinajstić information content (AvgIpc) is 3.65. The molecule has 6 rings (SSSR count). The van der Waals surface area contributed by atoms with Crippen LogP contribution in [0.15, 0.2) is 121 Å². The van der Waals surface area contributed by atoms with Crippen LogP contribution in [0.1, 0.15) is 62.3 Å². The van der Waals surface area contributed by atoms with E-state index >= 15 is 0 Å². The van der Waals surface area contributed by atoms with E-state index in [1.54, 1.807) is 0 Å². The van der Waals surface area contributed by atoms with Crippen LogP contribution in [-0.2, 0) is 37.1 Å². The van der Waals surface area contributed by atoms with Crippen molar-refractivity contribution in [2.24, 2.45) is 0 Å². The van der Waals surface area contributed by atoms with Gasteiger partial charge in [0.25, 0.3) is 0 Å². The SMILES string of the molecule is CCCC1=CC[C-]=C1.CCc1ccc2c(c1)[cH-]c1cc(CC)ccc12.[Cl-].[Cl-].[Zr+2]=[C](c1ccccc1)c1ccccc1. The van der Waals surface area contributed by atoms with Gasteiger partial charge in [0.15, 0.2) is 0 Å². The molecule has 0 N–H and O–H groups in total. The van der Waals surface area contributed by atoms with E-state index in [1.165, 1.54) is 89.7 Å². The molecule has 0 saturated carbocycles. The fourth-order valence-corrected chi connectivity index (χ4v) is 5.66. The van der Waals surface area contributed by atoms with E-state index in [9.17, 15) is 0 Å². The second kappa shape index (κ2) is 18.2. The minimum absolute atomic E-state index is 0. The van der Waals surface area contributed by atoms with Gasteiger partial charge in [0.2, 0.25) is 0 Å². The van der Waals surface area contributed by atoms with Crippen LogP contribution in [0.5, 0.6) is 0 Å². The molecule has 0 amide bonds. The molecular formula is C38H38Cl2Zr-2. The first-order valence-electron chi connectivity index (χ1n) is 14.2. The Kier molecular flexibility index (Phi) is 15.4. The first kappa shape index (κ1) is 34.8. The predicted molar refractivity (Wildman–Crippen MR) is 167 cm³/mol. The first-order chi connectivity index (χ1) is 19.1. The third-order valence-electron chi connectivity index (χ3n) is 7.08. The molecule has 0 radical (unpaired) electrons. The molecule has 0 aliphatic heterocycles. The summed E-state index contributed by atoms with van der Waals surface area (Å²) in [7, 11) is 0. The Morgan fingerprint density at radius 2 is 1.20 bits per heavy atom. The quantitative estimate of drug-likeness (QED) is 0.242. The average molecular weight is 657 g/mol. The van der Waals surface area contributed by atoms with E-state index in [0.717, 1.165) is 19.3 Å². The molecule has 0 heterocycles. The summed E-state index contributed by atoms with van der Waals surface area (Å²) >= 11 is 1.46. The number of allylic oxidation sites excluding steroid dienone is 4.